The standard InChI is InChI=1S/C16H21N3/c1-4-17-16-9-8-13-12(6-5-7-14(13)16)15-10-19(3)18-11(15)2/h5-7,10,16-17H,4,8-9H2,1-3H3. The molecule has 1 unspecified atom stereocenters. The van der Waals surface area contributed by atoms with Crippen molar-refractivity contribution in [3.8, 4) is 11.1 Å². The minimum atomic E-state index is 0.525. The Morgan fingerprint density at radius 2 is 2.21 bits per heavy atom. The van der Waals surface area contributed by atoms with E-state index in [9.17, 15) is 0 Å². The Morgan fingerprint density at radius 3 is 2.89 bits per heavy atom. The van der Waals surface area contributed by atoms with Crippen LogP contribution in [0.15, 0.2) is 24.4 Å². The van der Waals surface area contributed by atoms with Crippen LogP contribution in [0, 0.1) is 6.92 Å². The first kappa shape index (κ1) is 12.4. The second-order valence-electron chi connectivity index (χ2n) is 5.32. The van der Waals surface area contributed by atoms with Gasteiger partial charge in [0.15, 0.2) is 0 Å². The Labute approximate surface area is 114 Å². The van der Waals surface area contributed by atoms with Crippen molar-refractivity contribution in [2.75, 3.05) is 6.54 Å². The number of aryl methyl sites for hydroxylation is 2. The van der Waals surface area contributed by atoms with E-state index in [2.05, 4.69) is 48.7 Å². The largest absolute Gasteiger partial charge is 0.310 e. The van der Waals surface area contributed by atoms with Gasteiger partial charge in [0.05, 0.1) is 5.69 Å². The van der Waals surface area contributed by atoms with Gasteiger partial charge >= 0.3 is 0 Å². The number of nitrogens with zero attached hydrogens (tertiary/aromatic N) is 2. The minimum Gasteiger partial charge on any atom is -0.310 e. The molecule has 3 rings (SSSR count). The van der Waals surface area contributed by atoms with Crippen molar-refractivity contribution in [2.24, 2.45) is 7.05 Å². The molecule has 0 spiro atoms. The zero-order valence-electron chi connectivity index (χ0n) is 11.9. The highest BCUT2D eigenvalue weighted by atomic mass is 15.2. The van der Waals surface area contributed by atoms with Gasteiger partial charge in [0, 0.05) is 24.8 Å². The van der Waals surface area contributed by atoms with Gasteiger partial charge in [-0.3, -0.25) is 4.68 Å². The Hall–Kier alpha value is -1.61. The van der Waals surface area contributed by atoms with Gasteiger partial charge < -0.3 is 5.32 Å². The second kappa shape index (κ2) is 4.82. The fourth-order valence-corrected chi connectivity index (χ4v) is 3.23. The smallest absolute Gasteiger partial charge is 0.0672 e. The van der Waals surface area contributed by atoms with Crippen LogP contribution in [-0.2, 0) is 13.5 Å². The lowest BCUT2D eigenvalue weighted by Crippen LogP contribution is -2.18. The summed E-state index contributed by atoms with van der Waals surface area (Å²) in [5.74, 6) is 0. The molecular formula is C16H21N3. The Balaban J connectivity index is 2.08. The third-order valence-corrected chi connectivity index (χ3v) is 4.02. The van der Waals surface area contributed by atoms with Crippen LogP contribution >= 0.6 is 0 Å². The Kier molecular flexibility index (Phi) is 3.15. The summed E-state index contributed by atoms with van der Waals surface area (Å²) >= 11 is 0. The van der Waals surface area contributed by atoms with Gasteiger partial charge in [0.2, 0.25) is 0 Å². The van der Waals surface area contributed by atoms with Crippen LogP contribution in [-0.4, -0.2) is 16.3 Å². The summed E-state index contributed by atoms with van der Waals surface area (Å²) in [5.41, 5.74) is 6.73. The molecule has 0 saturated heterocycles. The first-order valence-electron chi connectivity index (χ1n) is 7.06. The van der Waals surface area contributed by atoms with Gasteiger partial charge in [-0.05, 0) is 43.0 Å². The van der Waals surface area contributed by atoms with E-state index in [-0.39, 0.29) is 0 Å². The fraction of sp³-hybridized carbons (Fsp3) is 0.438. The first-order valence-corrected chi connectivity index (χ1v) is 7.06. The highest BCUT2D eigenvalue weighted by Gasteiger charge is 2.24. The highest BCUT2D eigenvalue weighted by Crippen LogP contribution is 2.38. The van der Waals surface area contributed by atoms with Gasteiger partial charge in [-0.1, -0.05) is 25.1 Å². The lowest BCUT2D eigenvalue weighted by Gasteiger charge is -2.13. The zero-order chi connectivity index (χ0) is 13.4. The average Bonchev–Trinajstić information content (AvgIpc) is 2.94. The molecule has 0 bridgehead atoms. The summed E-state index contributed by atoms with van der Waals surface area (Å²) in [7, 11) is 1.99. The van der Waals surface area contributed by atoms with Crippen LogP contribution in [0.4, 0.5) is 0 Å². The number of hydrogen-bond acceptors (Lipinski definition) is 2. The fourth-order valence-electron chi connectivity index (χ4n) is 3.23. The molecule has 1 atom stereocenters. The number of aromatic nitrogens is 2. The molecule has 100 valence electrons. The summed E-state index contributed by atoms with van der Waals surface area (Å²) in [6, 6.07) is 7.20. The van der Waals surface area contributed by atoms with Gasteiger partial charge in [0.1, 0.15) is 0 Å². The molecule has 19 heavy (non-hydrogen) atoms. The first-order chi connectivity index (χ1) is 9.20. The second-order valence-corrected chi connectivity index (χ2v) is 5.32. The third kappa shape index (κ3) is 2.08. The maximum absolute atomic E-state index is 4.47. The monoisotopic (exact) mass is 255 g/mol. The molecule has 1 aromatic carbocycles. The normalized spacial score (nSPS) is 17.7. The summed E-state index contributed by atoms with van der Waals surface area (Å²) in [6.07, 6.45) is 4.50. The predicted octanol–water partition coefficient (Wildman–Crippen LogP) is 2.99. The molecule has 1 aliphatic carbocycles. The molecule has 3 heteroatoms. The van der Waals surface area contributed by atoms with Crippen LogP contribution in [0.3, 0.4) is 0 Å². The van der Waals surface area contributed by atoms with Crippen molar-refractivity contribution in [3.05, 3.63) is 41.2 Å². The average molecular weight is 255 g/mol. The van der Waals surface area contributed by atoms with Gasteiger partial charge in [0.25, 0.3) is 0 Å². The van der Waals surface area contributed by atoms with Gasteiger partial charge in [-0.2, -0.15) is 5.10 Å². The maximum Gasteiger partial charge on any atom is 0.0672 e. The van der Waals surface area contributed by atoms with E-state index in [0.29, 0.717) is 6.04 Å². The summed E-state index contributed by atoms with van der Waals surface area (Å²) in [6.45, 7) is 5.29. The molecule has 1 heterocycles. The van der Waals surface area contributed by atoms with Gasteiger partial charge in [-0.15, -0.1) is 0 Å². The van der Waals surface area contributed by atoms with Crippen molar-refractivity contribution >= 4 is 0 Å². The number of hydrogen-bond donors (Lipinski definition) is 1. The summed E-state index contributed by atoms with van der Waals surface area (Å²) in [4.78, 5) is 0. The van der Waals surface area contributed by atoms with Crippen LogP contribution in [0.1, 0.15) is 36.2 Å². The lowest BCUT2D eigenvalue weighted by molar-refractivity contribution is 0.549. The van der Waals surface area contributed by atoms with E-state index in [1.807, 2.05) is 11.7 Å². The molecule has 0 fully saturated rings. The highest BCUT2D eigenvalue weighted by molar-refractivity contribution is 5.71. The molecular weight excluding hydrogens is 234 g/mol. The molecule has 1 aliphatic rings. The van der Waals surface area contributed by atoms with Crippen LogP contribution in [0.5, 0.6) is 0 Å². The number of nitrogens with one attached hydrogen (secondary N) is 1. The van der Waals surface area contributed by atoms with Crippen molar-refractivity contribution in [3.63, 3.8) is 0 Å². The summed E-state index contributed by atoms with van der Waals surface area (Å²) < 4.78 is 1.90. The van der Waals surface area contributed by atoms with E-state index in [0.717, 1.165) is 18.7 Å². The zero-order valence-corrected chi connectivity index (χ0v) is 11.9. The van der Waals surface area contributed by atoms with Crippen LogP contribution in [0.2, 0.25) is 0 Å². The molecule has 1 N–H and O–H groups in total. The minimum absolute atomic E-state index is 0.525. The predicted molar refractivity (Wildman–Crippen MR) is 78.1 cm³/mol. The summed E-state index contributed by atoms with van der Waals surface area (Å²) in [5, 5.41) is 8.05. The quantitative estimate of drug-likeness (QED) is 0.913. The molecule has 1 aromatic heterocycles. The molecule has 0 radical (unpaired) electrons. The van der Waals surface area contributed by atoms with Crippen molar-refractivity contribution in [1.29, 1.82) is 0 Å². The number of benzene rings is 1. The van der Waals surface area contributed by atoms with E-state index < -0.39 is 0 Å². The lowest BCUT2D eigenvalue weighted by atomic mass is 9.97. The topological polar surface area (TPSA) is 29.9 Å². The van der Waals surface area contributed by atoms with Crippen LogP contribution < -0.4 is 5.32 Å². The Morgan fingerprint density at radius 1 is 1.37 bits per heavy atom. The molecule has 0 amide bonds. The molecule has 3 nitrogen and oxygen atoms in total. The number of fused-ring (bicyclic) bond motifs is 1. The van der Waals surface area contributed by atoms with Gasteiger partial charge in [-0.25, -0.2) is 0 Å². The van der Waals surface area contributed by atoms with Crippen molar-refractivity contribution in [2.45, 2.75) is 32.7 Å². The van der Waals surface area contributed by atoms with E-state index in [1.54, 1.807) is 0 Å². The third-order valence-electron chi connectivity index (χ3n) is 4.02. The maximum atomic E-state index is 4.47. The molecule has 0 aliphatic heterocycles. The van der Waals surface area contributed by atoms with Crippen molar-refractivity contribution in [1.82, 2.24) is 15.1 Å². The Bertz CT molecular complexity index is 598. The van der Waals surface area contributed by atoms with E-state index in [4.69, 9.17) is 0 Å². The van der Waals surface area contributed by atoms with Crippen LogP contribution in [0.25, 0.3) is 11.1 Å². The van der Waals surface area contributed by atoms with E-state index in [1.165, 1.54) is 28.7 Å². The number of rotatable bonds is 3. The van der Waals surface area contributed by atoms with Crippen molar-refractivity contribution < 1.29 is 0 Å². The molecule has 0 saturated carbocycles. The SMILES string of the molecule is CCNC1CCc2c(-c3cn(C)nc3C)cccc21. The molecule has 2 aromatic rings. The van der Waals surface area contributed by atoms with E-state index >= 15 is 0 Å².